The number of aromatic carboxylic acids is 1. The fraction of sp³-hybridized carbons (Fsp3) is 0.321. The molecule has 0 spiro atoms. The number of benzene rings is 3. The number of carbonyl (C=O) groups is 1. The van der Waals surface area contributed by atoms with Gasteiger partial charge in [0, 0.05) is 6.54 Å². The van der Waals surface area contributed by atoms with E-state index in [1.807, 2.05) is 36.4 Å². The summed E-state index contributed by atoms with van der Waals surface area (Å²) in [5.74, 6) is -0.476. The third kappa shape index (κ3) is 6.44. The molecule has 3 aromatic rings. The maximum Gasteiger partial charge on any atom is 0.335 e. The van der Waals surface area contributed by atoms with Gasteiger partial charge in [0.2, 0.25) is 0 Å². The molecule has 0 radical (unpaired) electrons. The van der Waals surface area contributed by atoms with E-state index in [0.29, 0.717) is 18.0 Å². The summed E-state index contributed by atoms with van der Waals surface area (Å²) < 4.78 is 0. The van der Waals surface area contributed by atoms with Gasteiger partial charge >= 0.3 is 5.97 Å². The normalized spacial score (nSPS) is 14.6. The number of rotatable bonds is 9. The van der Waals surface area contributed by atoms with E-state index in [0.717, 1.165) is 48.1 Å². The van der Waals surface area contributed by atoms with Crippen LogP contribution in [0.1, 0.15) is 64.8 Å². The molecular formula is C28H32ClNO3. The SMILES string of the molecule is Cl.O=C(O)c1ccc(-c2ccc(CCNC[C@H](O)c3ccccc3)cc2)cc1C1CCCC1. The van der Waals surface area contributed by atoms with Crippen molar-refractivity contribution in [2.75, 3.05) is 13.1 Å². The van der Waals surface area contributed by atoms with Crippen LogP contribution < -0.4 is 5.32 Å². The van der Waals surface area contributed by atoms with E-state index < -0.39 is 12.1 Å². The third-order valence-electron chi connectivity index (χ3n) is 6.48. The van der Waals surface area contributed by atoms with Crippen LogP contribution in [0.25, 0.3) is 11.1 Å². The quantitative estimate of drug-likeness (QED) is 0.339. The second-order valence-electron chi connectivity index (χ2n) is 8.67. The molecule has 0 amide bonds. The van der Waals surface area contributed by atoms with Gasteiger partial charge in [0.1, 0.15) is 0 Å². The predicted octanol–water partition coefficient (Wildman–Crippen LogP) is 6.00. The van der Waals surface area contributed by atoms with Crippen molar-refractivity contribution in [1.29, 1.82) is 0 Å². The lowest BCUT2D eigenvalue weighted by Gasteiger charge is -2.15. The van der Waals surface area contributed by atoms with Crippen LogP contribution in [0.5, 0.6) is 0 Å². The van der Waals surface area contributed by atoms with Gasteiger partial charge in [-0.25, -0.2) is 4.79 Å². The molecule has 4 nitrogen and oxygen atoms in total. The Kier molecular flexibility index (Phi) is 9.07. The summed E-state index contributed by atoms with van der Waals surface area (Å²) in [5, 5.41) is 23.2. The summed E-state index contributed by atoms with van der Waals surface area (Å²) in [6, 6.07) is 24.0. The van der Waals surface area contributed by atoms with Gasteiger partial charge in [0.05, 0.1) is 11.7 Å². The molecule has 1 aliphatic carbocycles. The molecule has 0 bridgehead atoms. The average Bonchev–Trinajstić information content (AvgIpc) is 3.37. The highest BCUT2D eigenvalue weighted by Crippen LogP contribution is 2.37. The van der Waals surface area contributed by atoms with Gasteiger partial charge in [-0.1, -0.05) is 79.6 Å². The van der Waals surface area contributed by atoms with Crippen molar-refractivity contribution < 1.29 is 15.0 Å². The van der Waals surface area contributed by atoms with E-state index in [2.05, 4.69) is 35.6 Å². The first kappa shape index (κ1) is 25.0. The average molecular weight is 466 g/mol. The Balaban J connectivity index is 0.00000306. The zero-order chi connectivity index (χ0) is 22.3. The summed E-state index contributed by atoms with van der Waals surface area (Å²) in [4.78, 5) is 11.7. The van der Waals surface area contributed by atoms with E-state index in [4.69, 9.17) is 0 Å². The van der Waals surface area contributed by atoms with Crippen LogP contribution in [-0.2, 0) is 6.42 Å². The van der Waals surface area contributed by atoms with Crippen molar-refractivity contribution in [1.82, 2.24) is 5.32 Å². The lowest BCUT2D eigenvalue weighted by atomic mass is 9.89. The minimum Gasteiger partial charge on any atom is -0.478 e. The van der Waals surface area contributed by atoms with Crippen molar-refractivity contribution in [2.24, 2.45) is 0 Å². The number of nitrogens with one attached hydrogen (secondary N) is 1. The largest absolute Gasteiger partial charge is 0.478 e. The molecule has 174 valence electrons. The standard InChI is InChI=1S/C28H31NO3.ClH/c30-27(23-8-2-1-3-9-23)19-29-17-16-20-10-12-21(13-11-20)24-14-15-25(28(31)32)26(18-24)22-6-4-5-7-22;/h1-3,8-15,18,22,27,29-30H,4-7,16-17,19H2,(H,31,32);1H/t27-;/m0./s1. The Hall–Kier alpha value is -2.66. The molecule has 0 aromatic heterocycles. The van der Waals surface area contributed by atoms with Gasteiger partial charge in [-0.15, -0.1) is 12.4 Å². The van der Waals surface area contributed by atoms with E-state index in [1.54, 1.807) is 6.07 Å². The van der Waals surface area contributed by atoms with Crippen LogP contribution >= 0.6 is 12.4 Å². The fourth-order valence-corrected chi connectivity index (χ4v) is 4.64. The molecule has 0 aliphatic heterocycles. The Bertz CT molecular complexity index is 1030. The zero-order valence-electron chi connectivity index (χ0n) is 18.7. The molecule has 1 saturated carbocycles. The van der Waals surface area contributed by atoms with Crippen LogP contribution in [-0.4, -0.2) is 29.3 Å². The molecule has 5 heteroatoms. The first-order valence-electron chi connectivity index (χ1n) is 11.5. The zero-order valence-corrected chi connectivity index (χ0v) is 19.6. The number of hydrogen-bond acceptors (Lipinski definition) is 3. The van der Waals surface area contributed by atoms with Crippen molar-refractivity contribution in [3.63, 3.8) is 0 Å². The molecular weight excluding hydrogens is 434 g/mol. The molecule has 1 fully saturated rings. The van der Waals surface area contributed by atoms with Gasteiger partial charge in [0.15, 0.2) is 0 Å². The highest BCUT2D eigenvalue weighted by atomic mass is 35.5. The summed E-state index contributed by atoms with van der Waals surface area (Å²) in [6.45, 7) is 1.32. The fourth-order valence-electron chi connectivity index (χ4n) is 4.64. The summed E-state index contributed by atoms with van der Waals surface area (Å²) in [5.41, 5.74) is 5.77. The van der Waals surface area contributed by atoms with E-state index >= 15 is 0 Å². The lowest BCUT2D eigenvalue weighted by Crippen LogP contribution is -2.23. The molecule has 4 rings (SSSR count). The number of carboxylic acids is 1. The Morgan fingerprint density at radius 2 is 1.61 bits per heavy atom. The first-order chi connectivity index (χ1) is 15.6. The molecule has 1 aliphatic rings. The van der Waals surface area contributed by atoms with Gasteiger partial charge in [-0.05, 0) is 65.6 Å². The first-order valence-corrected chi connectivity index (χ1v) is 11.5. The topological polar surface area (TPSA) is 69.6 Å². The maximum absolute atomic E-state index is 11.7. The van der Waals surface area contributed by atoms with Gasteiger partial charge in [-0.3, -0.25) is 0 Å². The highest BCUT2D eigenvalue weighted by molar-refractivity contribution is 5.90. The predicted molar refractivity (Wildman–Crippen MR) is 135 cm³/mol. The lowest BCUT2D eigenvalue weighted by molar-refractivity contribution is 0.0695. The van der Waals surface area contributed by atoms with Gasteiger partial charge in [-0.2, -0.15) is 0 Å². The number of aliphatic hydroxyl groups excluding tert-OH is 1. The molecule has 0 heterocycles. The summed E-state index contributed by atoms with van der Waals surface area (Å²) in [6.07, 6.45) is 4.90. The second kappa shape index (κ2) is 12.0. The highest BCUT2D eigenvalue weighted by Gasteiger charge is 2.23. The molecule has 0 saturated heterocycles. The van der Waals surface area contributed by atoms with Crippen LogP contribution in [0.15, 0.2) is 72.8 Å². The van der Waals surface area contributed by atoms with Crippen LogP contribution in [0, 0.1) is 0 Å². The Morgan fingerprint density at radius 3 is 2.27 bits per heavy atom. The van der Waals surface area contributed by atoms with E-state index in [-0.39, 0.29) is 12.4 Å². The maximum atomic E-state index is 11.7. The van der Waals surface area contributed by atoms with Crippen LogP contribution in [0.2, 0.25) is 0 Å². The van der Waals surface area contributed by atoms with E-state index in [9.17, 15) is 15.0 Å². The number of aliphatic hydroxyl groups is 1. The van der Waals surface area contributed by atoms with Crippen molar-refractivity contribution >= 4 is 18.4 Å². The van der Waals surface area contributed by atoms with Gasteiger partial charge < -0.3 is 15.5 Å². The smallest absolute Gasteiger partial charge is 0.335 e. The van der Waals surface area contributed by atoms with Crippen molar-refractivity contribution in [3.05, 3.63) is 95.1 Å². The summed E-state index contributed by atoms with van der Waals surface area (Å²) >= 11 is 0. The molecule has 33 heavy (non-hydrogen) atoms. The number of halogens is 1. The summed E-state index contributed by atoms with van der Waals surface area (Å²) in [7, 11) is 0. The molecule has 3 N–H and O–H groups in total. The molecule has 3 aromatic carbocycles. The van der Waals surface area contributed by atoms with Crippen LogP contribution in [0.4, 0.5) is 0 Å². The van der Waals surface area contributed by atoms with Gasteiger partial charge in [0.25, 0.3) is 0 Å². The van der Waals surface area contributed by atoms with E-state index in [1.165, 1.54) is 18.4 Å². The van der Waals surface area contributed by atoms with Crippen molar-refractivity contribution in [3.8, 4) is 11.1 Å². The Morgan fingerprint density at radius 1 is 0.939 bits per heavy atom. The molecule has 1 atom stereocenters. The molecule has 0 unspecified atom stereocenters. The Labute approximate surface area is 202 Å². The minimum absolute atomic E-state index is 0. The number of hydrogen-bond donors (Lipinski definition) is 3. The number of carboxylic acid groups (broad SMARTS) is 1. The third-order valence-corrected chi connectivity index (χ3v) is 6.48. The van der Waals surface area contributed by atoms with Crippen molar-refractivity contribution in [2.45, 2.75) is 44.1 Å². The van der Waals surface area contributed by atoms with Crippen LogP contribution in [0.3, 0.4) is 0 Å². The second-order valence-corrected chi connectivity index (χ2v) is 8.67. The monoisotopic (exact) mass is 465 g/mol. The minimum atomic E-state index is -0.835.